The van der Waals surface area contributed by atoms with Crippen molar-refractivity contribution in [1.29, 1.82) is 0 Å². The highest BCUT2D eigenvalue weighted by molar-refractivity contribution is 7.09. The molecule has 0 unspecified atom stereocenters. The molecule has 0 aromatic carbocycles. The lowest BCUT2D eigenvalue weighted by Gasteiger charge is -2.10. The van der Waals surface area contributed by atoms with Crippen LogP contribution < -0.4 is 10.6 Å². The highest BCUT2D eigenvalue weighted by atomic mass is 32.1. The van der Waals surface area contributed by atoms with Crippen LogP contribution in [0.1, 0.15) is 43.8 Å². The van der Waals surface area contributed by atoms with Gasteiger partial charge < -0.3 is 15.4 Å². The number of nitrogens with one attached hydrogen (secondary N) is 2. The molecule has 118 valence electrons. The van der Waals surface area contributed by atoms with E-state index < -0.39 is 0 Å². The number of hydrogen-bond acceptors (Lipinski definition) is 5. The lowest BCUT2D eigenvalue weighted by atomic mass is 10.2. The van der Waals surface area contributed by atoms with Crippen molar-refractivity contribution < 1.29 is 9.53 Å². The normalized spacial score (nSPS) is 11.6. The second-order valence-corrected chi connectivity index (χ2v) is 5.71. The van der Waals surface area contributed by atoms with E-state index in [0.717, 1.165) is 17.2 Å². The zero-order valence-electron chi connectivity index (χ0n) is 13.1. The Morgan fingerprint density at radius 1 is 1.48 bits per heavy atom. The SMILES string of the molecule is CCNC(=NCc1nc(C(C)C)cs1)NCCC(=O)OC. The number of nitrogens with zero attached hydrogens (tertiary/aromatic N) is 2. The third-order valence-corrected chi connectivity index (χ3v) is 3.58. The van der Waals surface area contributed by atoms with Crippen molar-refractivity contribution in [1.82, 2.24) is 15.6 Å². The molecule has 0 fully saturated rings. The number of rotatable bonds is 7. The molecular formula is C14H24N4O2S. The first-order chi connectivity index (χ1) is 10.1. The van der Waals surface area contributed by atoms with Gasteiger partial charge in [-0.3, -0.25) is 4.79 Å². The van der Waals surface area contributed by atoms with Crippen LogP contribution in [0.3, 0.4) is 0 Å². The van der Waals surface area contributed by atoms with Gasteiger partial charge in [0.25, 0.3) is 0 Å². The molecule has 0 atom stereocenters. The first-order valence-corrected chi connectivity index (χ1v) is 7.98. The molecule has 0 aliphatic heterocycles. The number of aromatic nitrogens is 1. The van der Waals surface area contributed by atoms with Crippen molar-refractivity contribution in [3.05, 3.63) is 16.1 Å². The van der Waals surface area contributed by atoms with Crippen molar-refractivity contribution in [3.63, 3.8) is 0 Å². The number of esters is 1. The van der Waals surface area contributed by atoms with Gasteiger partial charge in [0.2, 0.25) is 0 Å². The second-order valence-electron chi connectivity index (χ2n) is 4.77. The highest BCUT2D eigenvalue weighted by Gasteiger charge is 2.06. The maximum atomic E-state index is 11.1. The lowest BCUT2D eigenvalue weighted by Crippen LogP contribution is -2.38. The molecule has 0 saturated heterocycles. The van der Waals surface area contributed by atoms with Gasteiger partial charge in [-0.1, -0.05) is 13.8 Å². The van der Waals surface area contributed by atoms with Gasteiger partial charge in [-0.05, 0) is 12.8 Å². The molecule has 6 nitrogen and oxygen atoms in total. The molecule has 7 heteroatoms. The average Bonchev–Trinajstić information content (AvgIpc) is 2.93. The van der Waals surface area contributed by atoms with E-state index >= 15 is 0 Å². The molecule has 21 heavy (non-hydrogen) atoms. The summed E-state index contributed by atoms with van der Waals surface area (Å²) in [6, 6.07) is 0. The minimum atomic E-state index is -0.236. The summed E-state index contributed by atoms with van der Waals surface area (Å²) >= 11 is 1.62. The first-order valence-electron chi connectivity index (χ1n) is 7.10. The fourth-order valence-corrected chi connectivity index (χ4v) is 2.42. The fraction of sp³-hybridized carbons (Fsp3) is 0.643. The topological polar surface area (TPSA) is 75.6 Å². The van der Waals surface area contributed by atoms with Crippen LogP contribution in [0.4, 0.5) is 0 Å². The molecule has 1 heterocycles. The fourth-order valence-electron chi connectivity index (χ4n) is 1.54. The Labute approximate surface area is 130 Å². The zero-order chi connectivity index (χ0) is 15.7. The number of carbonyl (C=O) groups is 1. The molecular weight excluding hydrogens is 288 g/mol. The molecule has 0 amide bonds. The van der Waals surface area contributed by atoms with E-state index in [9.17, 15) is 4.79 Å². The monoisotopic (exact) mass is 312 g/mol. The largest absolute Gasteiger partial charge is 0.469 e. The smallest absolute Gasteiger partial charge is 0.307 e. The van der Waals surface area contributed by atoms with Crippen LogP contribution in [-0.4, -0.2) is 37.1 Å². The number of hydrogen-bond donors (Lipinski definition) is 2. The van der Waals surface area contributed by atoms with Gasteiger partial charge in [-0.15, -0.1) is 11.3 Å². The van der Waals surface area contributed by atoms with Gasteiger partial charge in [0.05, 0.1) is 25.8 Å². The van der Waals surface area contributed by atoms with Gasteiger partial charge in [0.15, 0.2) is 5.96 Å². The maximum absolute atomic E-state index is 11.1. The molecule has 1 rings (SSSR count). The predicted octanol–water partition coefficient (Wildman–Crippen LogP) is 1.88. The second kappa shape index (κ2) is 9.33. The molecule has 1 aromatic rings. The number of ether oxygens (including phenoxy) is 1. The van der Waals surface area contributed by atoms with Crippen LogP contribution in [0.15, 0.2) is 10.4 Å². The van der Waals surface area contributed by atoms with Crippen molar-refractivity contribution in [2.75, 3.05) is 20.2 Å². The number of aliphatic imine (C=N–C) groups is 1. The number of methoxy groups -OCH3 is 1. The molecule has 0 saturated carbocycles. The van der Waals surface area contributed by atoms with Gasteiger partial charge >= 0.3 is 5.97 Å². The Morgan fingerprint density at radius 2 is 2.24 bits per heavy atom. The minimum absolute atomic E-state index is 0.236. The highest BCUT2D eigenvalue weighted by Crippen LogP contribution is 2.18. The van der Waals surface area contributed by atoms with Crippen LogP contribution >= 0.6 is 11.3 Å². The summed E-state index contributed by atoms with van der Waals surface area (Å²) in [6.07, 6.45) is 0.315. The van der Waals surface area contributed by atoms with Crippen LogP contribution in [0.25, 0.3) is 0 Å². The Morgan fingerprint density at radius 3 is 2.81 bits per heavy atom. The van der Waals surface area contributed by atoms with Gasteiger partial charge in [-0.2, -0.15) is 0 Å². The van der Waals surface area contributed by atoms with E-state index in [1.165, 1.54) is 7.11 Å². The molecule has 0 aliphatic rings. The maximum Gasteiger partial charge on any atom is 0.307 e. The van der Waals surface area contributed by atoms with Crippen molar-refractivity contribution in [3.8, 4) is 0 Å². The standard InChI is InChI=1S/C14H24N4O2S/c1-5-15-14(16-7-6-13(19)20-4)17-8-12-18-11(9-21-12)10(2)3/h9-10H,5-8H2,1-4H3,(H2,15,16,17). The quantitative estimate of drug-likeness (QED) is 0.457. The molecule has 0 aliphatic carbocycles. The Hall–Kier alpha value is -1.63. The van der Waals surface area contributed by atoms with Gasteiger partial charge in [-0.25, -0.2) is 9.98 Å². The molecule has 0 radical (unpaired) electrons. The van der Waals surface area contributed by atoms with E-state index in [-0.39, 0.29) is 5.97 Å². The molecule has 2 N–H and O–H groups in total. The third-order valence-electron chi connectivity index (χ3n) is 2.73. The molecule has 0 spiro atoms. The molecule has 1 aromatic heterocycles. The van der Waals surface area contributed by atoms with Crippen LogP contribution in [0.2, 0.25) is 0 Å². The summed E-state index contributed by atoms with van der Waals surface area (Å²) in [5.41, 5.74) is 1.11. The summed E-state index contributed by atoms with van der Waals surface area (Å²) in [5, 5.41) is 9.30. The van der Waals surface area contributed by atoms with Crippen LogP contribution in [0.5, 0.6) is 0 Å². The van der Waals surface area contributed by atoms with E-state index in [1.807, 2.05) is 6.92 Å². The molecule has 0 bridgehead atoms. The third kappa shape index (κ3) is 6.57. The van der Waals surface area contributed by atoms with Crippen LogP contribution in [-0.2, 0) is 16.1 Å². The van der Waals surface area contributed by atoms with Gasteiger partial charge in [0.1, 0.15) is 5.01 Å². The summed E-state index contributed by atoms with van der Waals surface area (Å²) in [4.78, 5) is 20.1. The summed E-state index contributed by atoms with van der Waals surface area (Å²) in [5.74, 6) is 0.882. The van der Waals surface area contributed by atoms with E-state index in [2.05, 4.69) is 44.6 Å². The Bertz CT molecular complexity index is 471. The number of thiazole rings is 1. The van der Waals surface area contributed by atoms with Gasteiger partial charge in [0, 0.05) is 18.5 Å². The zero-order valence-corrected chi connectivity index (χ0v) is 13.9. The van der Waals surface area contributed by atoms with E-state index in [1.54, 1.807) is 11.3 Å². The predicted molar refractivity (Wildman–Crippen MR) is 85.7 cm³/mol. The summed E-state index contributed by atoms with van der Waals surface area (Å²) in [6.45, 7) is 8.04. The van der Waals surface area contributed by atoms with Crippen molar-refractivity contribution >= 4 is 23.3 Å². The van der Waals surface area contributed by atoms with E-state index in [4.69, 9.17) is 0 Å². The minimum Gasteiger partial charge on any atom is -0.469 e. The van der Waals surface area contributed by atoms with Crippen molar-refractivity contribution in [2.24, 2.45) is 4.99 Å². The Kier molecular flexibility index (Phi) is 7.74. The van der Waals surface area contributed by atoms with Crippen LogP contribution in [0, 0.1) is 0 Å². The lowest BCUT2D eigenvalue weighted by molar-refractivity contribution is -0.140. The van der Waals surface area contributed by atoms with Crippen molar-refractivity contribution in [2.45, 2.75) is 39.7 Å². The summed E-state index contributed by atoms with van der Waals surface area (Å²) in [7, 11) is 1.39. The first kappa shape index (κ1) is 17.4. The Balaban J connectivity index is 2.51. The summed E-state index contributed by atoms with van der Waals surface area (Å²) < 4.78 is 4.60. The number of guanidine groups is 1. The average molecular weight is 312 g/mol. The number of carbonyl (C=O) groups excluding carboxylic acids is 1. The van der Waals surface area contributed by atoms with E-state index in [0.29, 0.717) is 31.4 Å².